The number of fused-ring (bicyclic) bond motifs is 12. The average molecular weight is 1090 g/mol. The Morgan fingerprint density at radius 3 is 1.08 bits per heavy atom. The summed E-state index contributed by atoms with van der Waals surface area (Å²) in [7, 11) is 0. The summed E-state index contributed by atoms with van der Waals surface area (Å²) in [4.78, 5) is 5.10. The van der Waals surface area contributed by atoms with Gasteiger partial charge in [-0.15, -0.1) is 0 Å². The van der Waals surface area contributed by atoms with Crippen molar-refractivity contribution in [3.63, 3.8) is 0 Å². The lowest BCUT2D eigenvalue weighted by molar-refractivity contribution is 0.594. The Kier molecular flexibility index (Phi) is 11.7. The summed E-state index contributed by atoms with van der Waals surface area (Å²) in [6.45, 7) is 23.4. The molecule has 0 atom stereocenters. The molecule has 0 saturated carbocycles. The number of hydrogen-bond donors (Lipinski definition) is 0. The predicted octanol–water partition coefficient (Wildman–Crippen LogP) is 23.1. The summed E-state index contributed by atoms with van der Waals surface area (Å²) in [6, 6.07) is 87.1. The second kappa shape index (κ2) is 19.1. The van der Waals surface area contributed by atoms with Gasteiger partial charge in [0.1, 0.15) is 0 Å². The number of rotatable bonds is 10. The molecule has 15 rings (SSSR count). The molecule has 410 valence electrons. The van der Waals surface area contributed by atoms with E-state index in [4.69, 9.17) is 0 Å². The number of hydrogen-bond acceptors (Lipinski definition) is 2. The number of anilines is 6. The fraction of sp³-hybridized carbons (Fsp3) is 0.175. The van der Waals surface area contributed by atoms with Crippen molar-refractivity contribution in [1.82, 2.24) is 8.80 Å². The molecule has 0 spiro atoms. The normalized spacial score (nSPS) is 12.6. The Morgan fingerprint density at radius 1 is 0.310 bits per heavy atom. The van der Waals surface area contributed by atoms with Crippen molar-refractivity contribution in [2.75, 3.05) is 9.80 Å². The highest BCUT2D eigenvalue weighted by Gasteiger charge is 2.33. The van der Waals surface area contributed by atoms with Crippen LogP contribution in [0, 0.1) is 0 Å². The summed E-state index contributed by atoms with van der Waals surface area (Å²) >= 11 is 0. The van der Waals surface area contributed by atoms with E-state index in [1.165, 1.54) is 121 Å². The molecule has 4 nitrogen and oxygen atoms in total. The maximum Gasteiger partial charge on any atom is 0.0641 e. The average Bonchev–Trinajstić information content (AvgIpc) is 1.54. The van der Waals surface area contributed by atoms with E-state index in [-0.39, 0.29) is 10.8 Å². The van der Waals surface area contributed by atoms with Crippen LogP contribution in [0.25, 0.3) is 98.4 Å². The van der Waals surface area contributed by atoms with Gasteiger partial charge in [-0.1, -0.05) is 239 Å². The summed E-state index contributed by atoms with van der Waals surface area (Å²) < 4.78 is 5.32. The summed E-state index contributed by atoms with van der Waals surface area (Å²) in [5, 5.41) is 10.1. The molecule has 4 heteroatoms. The standard InChI is InChI=1S/C80H70N4/c1-49(2)53-29-21-31-55(45-53)81(67-39-19-17-33-57(67)51-25-13-11-14-26-51)69-43-41-59-63-47-72-64(48-71(63)83-75-61(73(69)77(59)83)35-23-37-65(75)79(5,6)7)60-42-44-70(74-62-36-24-38-66(80(8,9)10)76(62)84(72)78(60)74)82(56-32-22-30-54(46-56)50(3)4)68-40-20-18-34-58(68)52-27-15-12-16-28-52/h11-50H,1-10H3. The number of benzene rings is 11. The molecular formula is C80H70N4. The Morgan fingerprint density at radius 2 is 0.690 bits per heavy atom. The lowest BCUT2D eigenvalue weighted by atomic mass is 9.85. The van der Waals surface area contributed by atoms with Crippen LogP contribution in [-0.4, -0.2) is 8.80 Å². The molecule has 0 radical (unpaired) electrons. The van der Waals surface area contributed by atoms with Crippen LogP contribution in [0.1, 0.15) is 103 Å². The van der Waals surface area contributed by atoms with E-state index in [2.05, 4.69) is 318 Å². The number of para-hydroxylation sites is 4. The van der Waals surface area contributed by atoms with Crippen LogP contribution in [0.3, 0.4) is 0 Å². The van der Waals surface area contributed by atoms with Crippen LogP contribution in [0.15, 0.2) is 231 Å². The first-order valence-corrected chi connectivity index (χ1v) is 30.2. The predicted molar refractivity (Wildman–Crippen MR) is 362 cm³/mol. The van der Waals surface area contributed by atoms with Crippen molar-refractivity contribution < 1.29 is 0 Å². The summed E-state index contributed by atoms with van der Waals surface area (Å²) in [5.41, 5.74) is 24.1. The highest BCUT2D eigenvalue weighted by Crippen LogP contribution is 2.54. The van der Waals surface area contributed by atoms with Crippen LogP contribution in [0.4, 0.5) is 34.1 Å². The number of aromatic nitrogens is 2. The minimum Gasteiger partial charge on any atom is -0.309 e. The molecular weight excluding hydrogens is 1020 g/mol. The second-order valence-electron chi connectivity index (χ2n) is 26.1. The van der Waals surface area contributed by atoms with E-state index >= 15 is 0 Å². The first-order valence-electron chi connectivity index (χ1n) is 30.2. The SMILES string of the molecule is CC(C)c1cccc(N(c2ccccc2-c2ccccc2)c2ccc3c4cc5c(cc4n4c6c(C(C)(C)C)cccc6c2c34)c2ccc(N(c3cccc(C(C)C)c3)c3ccccc3-c3ccccc3)c3c4cccc(C(C)(C)C)c4n5c23)c1. The minimum atomic E-state index is -0.152. The highest BCUT2D eigenvalue weighted by atomic mass is 15.2. The zero-order chi connectivity index (χ0) is 57.5. The van der Waals surface area contributed by atoms with Gasteiger partial charge in [0, 0.05) is 65.6 Å². The van der Waals surface area contributed by atoms with Crippen molar-refractivity contribution in [2.24, 2.45) is 0 Å². The first kappa shape index (κ1) is 51.5. The van der Waals surface area contributed by atoms with Gasteiger partial charge >= 0.3 is 0 Å². The largest absolute Gasteiger partial charge is 0.309 e. The van der Waals surface area contributed by atoms with Gasteiger partial charge in [0.15, 0.2) is 0 Å². The highest BCUT2D eigenvalue weighted by molar-refractivity contribution is 6.33. The smallest absolute Gasteiger partial charge is 0.0641 e. The maximum absolute atomic E-state index is 2.66. The fourth-order valence-corrected chi connectivity index (χ4v) is 14.2. The van der Waals surface area contributed by atoms with E-state index < -0.39 is 0 Å². The molecule has 0 aliphatic carbocycles. The molecule has 0 N–H and O–H groups in total. The Hall–Kier alpha value is -9.38. The van der Waals surface area contributed by atoms with Gasteiger partial charge in [0.25, 0.3) is 0 Å². The van der Waals surface area contributed by atoms with Gasteiger partial charge in [-0.3, -0.25) is 0 Å². The van der Waals surface area contributed by atoms with Gasteiger partial charge in [0.2, 0.25) is 0 Å². The van der Waals surface area contributed by atoms with Crippen molar-refractivity contribution >= 4 is 110 Å². The molecule has 0 aliphatic heterocycles. The van der Waals surface area contributed by atoms with Crippen LogP contribution in [0.5, 0.6) is 0 Å². The summed E-state index contributed by atoms with van der Waals surface area (Å²) in [5.74, 6) is 0.723. The zero-order valence-corrected chi connectivity index (χ0v) is 49.9. The fourth-order valence-electron chi connectivity index (χ4n) is 14.2. The molecule has 4 aromatic heterocycles. The van der Waals surface area contributed by atoms with E-state index in [0.29, 0.717) is 11.8 Å². The third-order valence-corrected chi connectivity index (χ3v) is 18.1. The van der Waals surface area contributed by atoms with Crippen LogP contribution >= 0.6 is 0 Å². The van der Waals surface area contributed by atoms with Crippen molar-refractivity contribution in [1.29, 1.82) is 0 Å². The molecule has 0 fully saturated rings. The van der Waals surface area contributed by atoms with Gasteiger partial charge in [-0.25, -0.2) is 0 Å². The molecule has 4 heterocycles. The molecule has 84 heavy (non-hydrogen) atoms. The van der Waals surface area contributed by atoms with Gasteiger partial charge < -0.3 is 18.6 Å². The maximum atomic E-state index is 2.66. The Bertz CT molecular complexity index is 4720. The second-order valence-corrected chi connectivity index (χ2v) is 26.1. The topological polar surface area (TPSA) is 15.3 Å². The molecule has 0 amide bonds. The molecule has 11 aromatic carbocycles. The third kappa shape index (κ3) is 7.79. The Balaban J connectivity index is 1.07. The number of nitrogens with zero attached hydrogens (tertiary/aromatic N) is 4. The zero-order valence-electron chi connectivity index (χ0n) is 49.9. The van der Waals surface area contributed by atoms with Crippen LogP contribution < -0.4 is 9.80 Å². The molecule has 0 aliphatic rings. The van der Waals surface area contributed by atoms with Crippen LogP contribution in [0.2, 0.25) is 0 Å². The lowest BCUT2D eigenvalue weighted by Crippen LogP contribution is -2.12. The molecule has 15 aromatic rings. The van der Waals surface area contributed by atoms with Gasteiger partial charge in [-0.05, 0) is 117 Å². The van der Waals surface area contributed by atoms with Gasteiger partial charge in [0.05, 0.1) is 55.8 Å². The third-order valence-electron chi connectivity index (χ3n) is 18.1. The molecule has 0 unspecified atom stereocenters. The van der Waals surface area contributed by atoms with Crippen molar-refractivity contribution in [2.45, 2.75) is 91.9 Å². The minimum absolute atomic E-state index is 0.152. The van der Waals surface area contributed by atoms with E-state index in [0.717, 1.165) is 34.1 Å². The lowest BCUT2D eigenvalue weighted by Gasteiger charge is -2.29. The van der Waals surface area contributed by atoms with Crippen LogP contribution in [-0.2, 0) is 10.8 Å². The van der Waals surface area contributed by atoms with E-state index in [1.807, 2.05) is 0 Å². The molecule has 0 bridgehead atoms. The van der Waals surface area contributed by atoms with Crippen molar-refractivity contribution in [3.05, 3.63) is 253 Å². The summed E-state index contributed by atoms with van der Waals surface area (Å²) in [6.07, 6.45) is 0. The molecule has 0 saturated heterocycles. The first-order chi connectivity index (χ1) is 40.7. The monoisotopic (exact) mass is 1090 g/mol. The Labute approximate surface area is 493 Å². The van der Waals surface area contributed by atoms with Gasteiger partial charge in [-0.2, -0.15) is 0 Å². The van der Waals surface area contributed by atoms with E-state index in [9.17, 15) is 0 Å². The van der Waals surface area contributed by atoms with Crippen molar-refractivity contribution in [3.8, 4) is 22.3 Å². The quantitative estimate of drug-likeness (QED) is 0.136. The van der Waals surface area contributed by atoms with E-state index in [1.54, 1.807) is 0 Å².